The van der Waals surface area contributed by atoms with Crippen molar-refractivity contribution in [3.8, 4) is 0 Å². The minimum Gasteiger partial charge on any atom is -0.365 e. The topological polar surface area (TPSA) is 37.8 Å². The van der Waals surface area contributed by atoms with E-state index in [2.05, 4.69) is 15.3 Å². The number of thiophene rings is 1. The molecule has 0 saturated carbocycles. The second kappa shape index (κ2) is 5.97. The maximum atomic E-state index is 12.6. The monoisotopic (exact) mass is 321 g/mol. The predicted octanol–water partition coefficient (Wildman–Crippen LogP) is 4.38. The van der Waals surface area contributed by atoms with Crippen LogP contribution < -0.4 is 5.32 Å². The number of hydrogen-bond acceptors (Lipinski definition) is 4. The molecule has 0 aromatic carbocycles. The van der Waals surface area contributed by atoms with Crippen LogP contribution in [0.25, 0.3) is 0 Å². The predicted molar refractivity (Wildman–Crippen MR) is 73.1 cm³/mol. The molecular formula is C12H11ClF3N3S. The van der Waals surface area contributed by atoms with Crippen molar-refractivity contribution < 1.29 is 13.2 Å². The van der Waals surface area contributed by atoms with E-state index in [0.29, 0.717) is 6.54 Å². The third kappa shape index (κ3) is 3.61. The van der Waals surface area contributed by atoms with Gasteiger partial charge in [0.1, 0.15) is 11.0 Å². The lowest BCUT2D eigenvalue weighted by molar-refractivity contribution is -0.144. The first-order valence-electron chi connectivity index (χ1n) is 5.81. The van der Waals surface area contributed by atoms with Gasteiger partial charge in [-0.3, -0.25) is 0 Å². The van der Waals surface area contributed by atoms with Gasteiger partial charge in [0.05, 0.1) is 6.54 Å². The number of aromatic nitrogens is 2. The van der Waals surface area contributed by atoms with Crippen molar-refractivity contribution in [1.82, 2.24) is 9.97 Å². The highest BCUT2D eigenvalue weighted by Gasteiger charge is 2.35. The zero-order chi connectivity index (χ0) is 14.8. The minimum atomic E-state index is -4.61. The Labute approximate surface area is 122 Å². The summed E-state index contributed by atoms with van der Waals surface area (Å²) in [6, 6.07) is 3.27. The van der Waals surface area contributed by atoms with Crippen molar-refractivity contribution in [3.63, 3.8) is 0 Å². The molecule has 1 N–H and O–H groups in total. The van der Waals surface area contributed by atoms with Gasteiger partial charge >= 0.3 is 6.18 Å². The third-order valence-corrected chi connectivity index (χ3v) is 3.75. The molecule has 0 fully saturated rings. The zero-order valence-corrected chi connectivity index (χ0v) is 12.0. The summed E-state index contributed by atoms with van der Waals surface area (Å²) in [5, 5.41) is 4.56. The van der Waals surface area contributed by atoms with Gasteiger partial charge in [-0.25, -0.2) is 9.97 Å². The lowest BCUT2D eigenvalue weighted by Gasteiger charge is -2.09. The van der Waals surface area contributed by atoms with E-state index in [0.717, 1.165) is 11.3 Å². The molecule has 0 unspecified atom stereocenters. The van der Waals surface area contributed by atoms with Crippen LogP contribution in [0.1, 0.15) is 23.2 Å². The van der Waals surface area contributed by atoms with Gasteiger partial charge in [-0.15, -0.1) is 11.3 Å². The van der Waals surface area contributed by atoms with Crippen LogP contribution in [-0.2, 0) is 19.1 Å². The highest BCUT2D eigenvalue weighted by Crippen LogP contribution is 2.28. The van der Waals surface area contributed by atoms with Crippen LogP contribution >= 0.6 is 22.9 Å². The maximum absolute atomic E-state index is 12.6. The zero-order valence-electron chi connectivity index (χ0n) is 10.5. The Morgan fingerprint density at radius 3 is 2.75 bits per heavy atom. The Morgan fingerprint density at radius 1 is 1.35 bits per heavy atom. The van der Waals surface area contributed by atoms with E-state index >= 15 is 0 Å². The number of hydrogen-bond donors (Lipinski definition) is 1. The molecule has 0 saturated heterocycles. The average molecular weight is 322 g/mol. The van der Waals surface area contributed by atoms with E-state index in [1.807, 2.05) is 18.4 Å². The highest BCUT2D eigenvalue weighted by molar-refractivity contribution is 7.10. The van der Waals surface area contributed by atoms with Gasteiger partial charge in [0.15, 0.2) is 0 Å². The fourth-order valence-corrected chi connectivity index (χ4v) is 2.74. The summed E-state index contributed by atoms with van der Waals surface area (Å²) in [5.41, 5.74) is 1.17. The largest absolute Gasteiger partial charge is 0.451 e. The second-order valence-electron chi connectivity index (χ2n) is 3.97. The van der Waals surface area contributed by atoms with Crippen LogP contribution in [0.3, 0.4) is 0 Å². The van der Waals surface area contributed by atoms with Gasteiger partial charge in [0.2, 0.25) is 5.82 Å². The summed E-state index contributed by atoms with van der Waals surface area (Å²) in [5.74, 6) is -1.18. The summed E-state index contributed by atoms with van der Waals surface area (Å²) in [4.78, 5) is 7.67. The van der Waals surface area contributed by atoms with Crippen LogP contribution in [0.5, 0.6) is 0 Å². The molecule has 2 rings (SSSR count). The van der Waals surface area contributed by atoms with Gasteiger partial charge in [0.25, 0.3) is 0 Å². The second-order valence-corrected chi connectivity index (χ2v) is 5.36. The average Bonchev–Trinajstić information content (AvgIpc) is 2.82. The molecule has 0 radical (unpaired) electrons. The number of halogens is 4. The number of nitrogens with one attached hydrogen (secondary N) is 1. The molecule has 0 aliphatic rings. The van der Waals surface area contributed by atoms with Crippen LogP contribution in [0.15, 0.2) is 17.5 Å². The lowest BCUT2D eigenvalue weighted by Crippen LogP contribution is -2.13. The molecule has 0 spiro atoms. The van der Waals surface area contributed by atoms with Crippen LogP contribution in [0.4, 0.5) is 19.0 Å². The molecule has 2 heterocycles. The van der Waals surface area contributed by atoms with Crippen LogP contribution in [-0.4, -0.2) is 9.97 Å². The first kappa shape index (κ1) is 15.1. The number of anilines is 1. The standard InChI is InChI=1S/C12H11ClF3N3S/c1-2-7-3-4-20-8(7)6-17-10-5-9(13)18-11(19-10)12(14,15)16/h3-5H,2,6H2,1H3,(H,17,18,19). The number of alkyl halides is 3. The van der Waals surface area contributed by atoms with Crippen molar-refractivity contribution in [2.45, 2.75) is 26.1 Å². The summed E-state index contributed by atoms with van der Waals surface area (Å²) < 4.78 is 37.7. The van der Waals surface area contributed by atoms with E-state index in [-0.39, 0.29) is 11.0 Å². The lowest BCUT2D eigenvalue weighted by atomic mass is 10.2. The Balaban J connectivity index is 2.16. The summed E-state index contributed by atoms with van der Waals surface area (Å²) >= 11 is 7.13. The summed E-state index contributed by atoms with van der Waals surface area (Å²) in [7, 11) is 0. The van der Waals surface area contributed by atoms with Crippen molar-refractivity contribution in [2.75, 3.05) is 5.32 Å². The normalized spacial score (nSPS) is 11.7. The highest BCUT2D eigenvalue weighted by atomic mass is 35.5. The van der Waals surface area contributed by atoms with Gasteiger partial charge in [-0.2, -0.15) is 13.2 Å². The number of rotatable bonds is 4. The van der Waals surface area contributed by atoms with Crippen molar-refractivity contribution in [2.24, 2.45) is 0 Å². The third-order valence-electron chi connectivity index (χ3n) is 2.60. The Hall–Kier alpha value is -1.34. The van der Waals surface area contributed by atoms with Gasteiger partial charge in [-0.05, 0) is 23.4 Å². The molecule has 3 nitrogen and oxygen atoms in total. The summed E-state index contributed by atoms with van der Waals surface area (Å²) in [6.45, 7) is 2.43. The van der Waals surface area contributed by atoms with Gasteiger partial charge in [-0.1, -0.05) is 18.5 Å². The van der Waals surface area contributed by atoms with Gasteiger partial charge < -0.3 is 5.32 Å². The van der Waals surface area contributed by atoms with E-state index < -0.39 is 12.0 Å². The summed E-state index contributed by atoms with van der Waals surface area (Å²) in [6.07, 6.45) is -3.74. The molecule has 0 atom stereocenters. The van der Waals surface area contributed by atoms with E-state index in [4.69, 9.17) is 11.6 Å². The molecule has 0 aliphatic heterocycles. The fourth-order valence-electron chi connectivity index (χ4n) is 1.64. The van der Waals surface area contributed by atoms with Gasteiger partial charge in [0, 0.05) is 10.9 Å². The van der Waals surface area contributed by atoms with Crippen molar-refractivity contribution in [1.29, 1.82) is 0 Å². The Bertz CT molecular complexity index is 598. The quantitative estimate of drug-likeness (QED) is 0.849. The van der Waals surface area contributed by atoms with Crippen LogP contribution in [0.2, 0.25) is 5.15 Å². The molecule has 2 aromatic heterocycles. The molecule has 0 aliphatic carbocycles. The molecular weight excluding hydrogens is 311 g/mol. The molecule has 0 bridgehead atoms. The Morgan fingerprint density at radius 2 is 2.10 bits per heavy atom. The first-order chi connectivity index (χ1) is 9.40. The smallest absolute Gasteiger partial charge is 0.365 e. The van der Waals surface area contributed by atoms with Crippen LogP contribution in [0, 0.1) is 0 Å². The Kier molecular flexibility index (Phi) is 4.49. The van der Waals surface area contributed by atoms with E-state index in [9.17, 15) is 13.2 Å². The number of nitrogens with zero attached hydrogens (tertiary/aromatic N) is 2. The van der Waals surface area contributed by atoms with E-state index in [1.54, 1.807) is 11.3 Å². The fraction of sp³-hybridized carbons (Fsp3) is 0.333. The van der Waals surface area contributed by atoms with E-state index in [1.165, 1.54) is 11.6 Å². The number of aryl methyl sites for hydroxylation is 1. The molecule has 108 valence electrons. The maximum Gasteiger partial charge on any atom is 0.451 e. The minimum absolute atomic E-state index is 0.0628. The van der Waals surface area contributed by atoms with Crippen molar-refractivity contribution >= 4 is 28.8 Å². The first-order valence-corrected chi connectivity index (χ1v) is 7.06. The van der Waals surface area contributed by atoms with Crippen molar-refractivity contribution in [3.05, 3.63) is 38.9 Å². The molecule has 20 heavy (non-hydrogen) atoms. The molecule has 8 heteroatoms. The SMILES string of the molecule is CCc1ccsc1CNc1cc(Cl)nc(C(F)(F)F)n1. The molecule has 0 amide bonds. The molecule has 2 aromatic rings.